The number of hydrogen-bond acceptors (Lipinski definition) is 6. The molecule has 2 aliphatic carbocycles. The third-order valence-electron chi connectivity index (χ3n) is 8.16. The molecule has 1 aromatic heterocycles. The van der Waals surface area contributed by atoms with Crippen molar-refractivity contribution in [3.63, 3.8) is 0 Å². The first kappa shape index (κ1) is 22.3. The average Bonchev–Trinajstić information content (AvgIpc) is 3.26. The van der Waals surface area contributed by atoms with Crippen molar-refractivity contribution in [3.8, 4) is 11.1 Å². The highest BCUT2D eigenvalue weighted by atomic mass is 16.5. The molecule has 35 heavy (non-hydrogen) atoms. The predicted octanol–water partition coefficient (Wildman–Crippen LogP) is 6.27. The highest BCUT2D eigenvalue weighted by Gasteiger charge is 2.46. The zero-order chi connectivity index (χ0) is 23.8. The molecule has 1 saturated heterocycles. The van der Waals surface area contributed by atoms with Crippen molar-refractivity contribution in [1.29, 1.82) is 0 Å². The summed E-state index contributed by atoms with van der Waals surface area (Å²) in [5.41, 5.74) is 4.03. The lowest BCUT2D eigenvalue weighted by Crippen LogP contribution is -2.47. The molecule has 7 heteroatoms. The van der Waals surface area contributed by atoms with Gasteiger partial charge in [0.25, 0.3) is 0 Å². The van der Waals surface area contributed by atoms with E-state index in [0.29, 0.717) is 30.4 Å². The maximum Gasteiger partial charge on any atom is 0.320 e. The number of fused-ring (bicyclic) bond motifs is 2. The van der Waals surface area contributed by atoms with Crippen molar-refractivity contribution in [1.82, 2.24) is 10.2 Å². The van der Waals surface area contributed by atoms with Gasteiger partial charge in [0.15, 0.2) is 0 Å². The second-order valence-corrected chi connectivity index (χ2v) is 10.4. The lowest BCUT2D eigenvalue weighted by Gasteiger charge is -2.48. The number of aromatic nitrogens is 2. The number of aliphatic carboxylic acids is 1. The largest absolute Gasteiger partial charge is 0.481 e. The van der Waals surface area contributed by atoms with Gasteiger partial charge in [-0.3, -0.25) is 4.79 Å². The van der Waals surface area contributed by atoms with E-state index < -0.39 is 11.6 Å². The van der Waals surface area contributed by atoms with Crippen LogP contribution >= 0.6 is 0 Å². The van der Waals surface area contributed by atoms with Crippen LogP contribution in [-0.2, 0) is 9.53 Å². The summed E-state index contributed by atoms with van der Waals surface area (Å²) in [6.07, 6.45) is 7.52. The van der Waals surface area contributed by atoms with Crippen molar-refractivity contribution >= 4 is 17.7 Å². The molecular formula is C28H31N3O4. The SMILES string of the molecule is O=C(O)CC12CCCC(C1)C(c1ccc(-c3ccc(Nc4nnc(C5CCC5)o4)cc3)cc1)CO2. The summed E-state index contributed by atoms with van der Waals surface area (Å²) in [5.74, 6) is 1.22. The Hall–Kier alpha value is -3.19. The predicted molar refractivity (Wildman–Crippen MR) is 132 cm³/mol. The molecule has 0 radical (unpaired) electrons. The molecule has 2 saturated carbocycles. The third kappa shape index (κ3) is 4.57. The molecule has 1 aliphatic heterocycles. The number of carboxylic acids is 1. The summed E-state index contributed by atoms with van der Waals surface area (Å²) in [6, 6.07) is 17.4. The number of nitrogens with one attached hydrogen (secondary N) is 1. The number of carboxylic acid groups (broad SMARTS) is 1. The number of benzene rings is 2. The van der Waals surface area contributed by atoms with Crippen LogP contribution in [0.3, 0.4) is 0 Å². The molecule has 3 atom stereocenters. The highest BCUT2D eigenvalue weighted by Crippen LogP contribution is 2.48. The van der Waals surface area contributed by atoms with Crippen LogP contribution in [-0.4, -0.2) is 33.5 Å². The lowest BCUT2D eigenvalue weighted by atomic mass is 9.67. The molecule has 3 unspecified atom stereocenters. The molecule has 2 heterocycles. The minimum atomic E-state index is -0.759. The molecule has 3 aliphatic rings. The van der Waals surface area contributed by atoms with Gasteiger partial charge in [0, 0.05) is 17.5 Å². The normalized spacial score (nSPS) is 26.2. The number of ether oxygens (including phenoxy) is 1. The Bertz CT molecular complexity index is 1190. The monoisotopic (exact) mass is 473 g/mol. The molecule has 3 fully saturated rings. The van der Waals surface area contributed by atoms with Gasteiger partial charge >= 0.3 is 12.0 Å². The molecule has 2 N–H and O–H groups in total. The van der Waals surface area contributed by atoms with Crippen LogP contribution in [0.4, 0.5) is 11.7 Å². The molecule has 0 spiro atoms. The number of nitrogens with zero attached hydrogens (tertiary/aromatic N) is 2. The van der Waals surface area contributed by atoms with Gasteiger partial charge in [-0.25, -0.2) is 0 Å². The summed E-state index contributed by atoms with van der Waals surface area (Å²) in [6.45, 7) is 0.607. The summed E-state index contributed by atoms with van der Waals surface area (Å²) in [5, 5.41) is 20.8. The van der Waals surface area contributed by atoms with Gasteiger partial charge in [-0.2, -0.15) is 0 Å². The quantitative estimate of drug-likeness (QED) is 0.418. The second kappa shape index (κ2) is 9.11. The van der Waals surface area contributed by atoms with E-state index in [4.69, 9.17) is 9.15 Å². The van der Waals surface area contributed by atoms with Gasteiger partial charge in [0.05, 0.1) is 18.6 Å². The first-order valence-electron chi connectivity index (χ1n) is 12.7. The zero-order valence-electron chi connectivity index (χ0n) is 19.8. The molecule has 2 aromatic carbocycles. The van der Waals surface area contributed by atoms with E-state index in [1.165, 1.54) is 12.0 Å². The van der Waals surface area contributed by atoms with Crippen molar-refractivity contribution < 1.29 is 19.1 Å². The summed E-state index contributed by atoms with van der Waals surface area (Å²) >= 11 is 0. The van der Waals surface area contributed by atoms with Crippen LogP contribution in [0.2, 0.25) is 0 Å². The van der Waals surface area contributed by atoms with Crippen LogP contribution in [0.15, 0.2) is 52.9 Å². The number of anilines is 2. The fourth-order valence-corrected chi connectivity index (χ4v) is 6.00. The van der Waals surface area contributed by atoms with Gasteiger partial charge in [-0.05, 0) is 66.8 Å². The maximum absolute atomic E-state index is 11.3. The number of carbonyl (C=O) groups is 1. The van der Waals surface area contributed by atoms with Crippen LogP contribution in [0, 0.1) is 5.92 Å². The average molecular weight is 474 g/mol. The molecule has 2 bridgehead atoms. The Balaban J connectivity index is 1.11. The lowest BCUT2D eigenvalue weighted by molar-refractivity contribution is -0.162. The van der Waals surface area contributed by atoms with Gasteiger partial charge < -0.3 is 19.6 Å². The van der Waals surface area contributed by atoms with Crippen LogP contribution in [0.1, 0.15) is 74.7 Å². The van der Waals surface area contributed by atoms with E-state index in [1.54, 1.807) is 0 Å². The molecule has 7 nitrogen and oxygen atoms in total. The Morgan fingerprint density at radius 3 is 2.43 bits per heavy atom. The summed E-state index contributed by atoms with van der Waals surface area (Å²) in [7, 11) is 0. The van der Waals surface area contributed by atoms with Crippen molar-refractivity contribution in [2.75, 3.05) is 11.9 Å². The van der Waals surface area contributed by atoms with Crippen LogP contribution in [0.5, 0.6) is 0 Å². The Morgan fingerprint density at radius 2 is 1.74 bits per heavy atom. The van der Waals surface area contributed by atoms with E-state index in [2.05, 4.69) is 51.9 Å². The van der Waals surface area contributed by atoms with E-state index in [9.17, 15) is 9.90 Å². The fourth-order valence-electron chi connectivity index (χ4n) is 6.00. The highest BCUT2D eigenvalue weighted by molar-refractivity contribution is 5.68. The number of rotatable bonds is 7. The van der Waals surface area contributed by atoms with E-state index in [-0.39, 0.29) is 6.42 Å². The second-order valence-electron chi connectivity index (χ2n) is 10.4. The van der Waals surface area contributed by atoms with Gasteiger partial charge in [-0.15, -0.1) is 5.10 Å². The first-order valence-corrected chi connectivity index (χ1v) is 12.7. The third-order valence-corrected chi connectivity index (χ3v) is 8.16. The Kier molecular flexibility index (Phi) is 5.80. The van der Waals surface area contributed by atoms with Crippen molar-refractivity contribution in [2.24, 2.45) is 5.92 Å². The molecule has 182 valence electrons. The van der Waals surface area contributed by atoms with Gasteiger partial charge in [-0.1, -0.05) is 54.3 Å². The number of hydrogen-bond donors (Lipinski definition) is 2. The topological polar surface area (TPSA) is 97.5 Å². The minimum Gasteiger partial charge on any atom is -0.481 e. The molecule has 6 rings (SSSR count). The smallest absolute Gasteiger partial charge is 0.320 e. The maximum atomic E-state index is 11.3. The fraction of sp³-hybridized carbons (Fsp3) is 0.464. The first-order chi connectivity index (χ1) is 17.1. The van der Waals surface area contributed by atoms with E-state index in [1.807, 2.05) is 12.1 Å². The van der Waals surface area contributed by atoms with Crippen molar-refractivity contribution in [3.05, 3.63) is 60.0 Å². The molecule has 0 amide bonds. The summed E-state index contributed by atoms with van der Waals surface area (Å²) < 4.78 is 12.0. The summed E-state index contributed by atoms with van der Waals surface area (Å²) in [4.78, 5) is 11.3. The van der Waals surface area contributed by atoms with Crippen LogP contribution in [0.25, 0.3) is 11.1 Å². The standard InChI is InChI=1S/C28H31N3O4/c32-25(33)16-28-14-2-5-22(15-28)24(17-34-28)20-8-6-18(7-9-20)19-10-12-23(13-11-19)29-27-31-30-26(35-27)21-3-1-4-21/h6-13,21-22,24H,1-5,14-17H2,(H,29,31)(H,32,33). The van der Waals surface area contributed by atoms with Gasteiger partial charge in [0.2, 0.25) is 5.89 Å². The van der Waals surface area contributed by atoms with Crippen LogP contribution < -0.4 is 5.32 Å². The van der Waals surface area contributed by atoms with Gasteiger partial charge in [0.1, 0.15) is 0 Å². The Labute approximate surface area is 204 Å². The molecular weight excluding hydrogens is 442 g/mol. The Morgan fingerprint density at radius 1 is 1.00 bits per heavy atom. The zero-order valence-corrected chi connectivity index (χ0v) is 19.8. The van der Waals surface area contributed by atoms with E-state index >= 15 is 0 Å². The van der Waals surface area contributed by atoms with Crippen molar-refractivity contribution in [2.45, 2.75) is 68.8 Å². The minimum absolute atomic E-state index is 0.119. The molecule has 3 aromatic rings. The van der Waals surface area contributed by atoms with E-state index in [0.717, 1.165) is 61.2 Å².